The van der Waals surface area contributed by atoms with Crippen LogP contribution in [0.3, 0.4) is 0 Å². The molecular weight excluding hydrogens is 332 g/mol. The molecule has 2 unspecified atom stereocenters. The number of amides is 2. The van der Waals surface area contributed by atoms with Crippen LogP contribution in [0.5, 0.6) is 11.5 Å². The van der Waals surface area contributed by atoms with Gasteiger partial charge >= 0.3 is 0 Å². The Labute approximate surface area is 152 Å². The van der Waals surface area contributed by atoms with Gasteiger partial charge in [0.25, 0.3) is 0 Å². The van der Waals surface area contributed by atoms with E-state index < -0.39 is 0 Å². The van der Waals surface area contributed by atoms with Gasteiger partial charge in [-0.25, -0.2) is 0 Å². The molecule has 0 saturated heterocycles. The van der Waals surface area contributed by atoms with Crippen molar-refractivity contribution in [2.24, 2.45) is 11.8 Å². The highest BCUT2D eigenvalue weighted by Gasteiger charge is 2.48. The molecule has 6 nitrogen and oxygen atoms in total. The minimum absolute atomic E-state index is 0.124. The van der Waals surface area contributed by atoms with Gasteiger partial charge in [0.2, 0.25) is 11.8 Å². The van der Waals surface area contributed by atoms with Crippen LogP contribution >= 0.6 is 0 Å². The molecule has 2 amide bonds. The van der Waals surface area contributed by atoms with Crippen molar-refractivity contribution in [2.75, 3.05) is 24.9 Å². The van der Waals surface area contributed by atoms with Crippen molar-refractivity contribution in [1.29, 1.82) is 0 Å². The summed E-state index contributed by atoms with van der Waals surface area (Å²) >= 11 is 0. The van der Waals surface area contributed by atoms with Crippen LogP contribution in [-0.4, -0.2) is 26.0 Å². The zero-order chi connectivity index (χ0) is 18.7. The van der Waals surface area contributed by atoms with E-state index in [2.05, 4.69) is 10.6 Å². The van der Waals surface area contributed by atoms with Gasteiger partial charge in [-0.3, -0.25) is 9.59 Å². The van der Waals surface area contributed by atoms with E-state index in [0.717, 1.165) is 11.3 Å². The first-order valence-electron chi connectivity index (χ1n) is 8.42. The zero-order valence-corrected chi connectivity index (χ0v) is 15.0. The number of ether oxygens (including phenoxy) is 2. The summed E-state index contributed by atoms with van der Waals surface area (Å²) < 4.78 is 10.4. The van der Waals surface area contributed by atoms with E-state index in [0.29, 0.717) is 23.6 Å². The summed E-state index contributed by atoms with van der Waals surface area (Å²) in [6.45, 7) is 1.99. The summed E-state index contributed by atoms with van der Waals surface area (Å²) in [5, 5.41) is 5.69. The van der Waals surface area contributed by atoms with Crippen molar-refractivity contribution in [3.63, 3.8) is 0 Å². The Balaban J connectivity index is 1.57. The first-order chi connectivity index (χ1) is 12.5. The van der Waals surface area contributed by atoms with Crippen LogP contribution in [0.2, 0.25) is 0 Å². The highest BCUT2D eigenvalue weighted by molar-refractivity contribution is 6.03. The number of hydrogen-bond acceptors (Lipinski definition) is 4. The summed E-state index contributed by atoms with van der Waals surface area (Å²) in [6.07, 6.45) is 0.552. The average molecular weight is 354 g/mol. The molecule has 136 valence electrons. The maximum atomic E-state index is 12.4. The summed E-state index contributed by atoms with van der Waals surface area (Å²) in [5.74, 6) is 0.231. The third-order valence-corrected chi connectivity index (χ3v) is 4.43. The van der Waals surface area contributed by atoms with Crippen molar-refractivity contribution >= 4 is 23.2 Å². The molecule has 0 aliphatic heterocycles. The van der Waals surface area contributed by atoms with E-state index in [1.54, 1.807) is 25.3 Å². The lowest BCUT2D eigenvalue weighted by atomic mass is 10.2. The molecule has 0 radical (unpaired) electrons. The van der Waals surface area contributed by atoms with Crippen molar-refractivity contribution in [3.8, 4) is 11.5 Å². The SMILES string of the molecule is COc1ccc(NC(=O)C2CC2C(=O)Nc2ccc(C)cc2)cc1OC. The average Bonchev–Trinajstić information content (AvgIpc) is 3.44. The molecule has 2 aromatic carbocycles. The Hall–Kier alpha value is -3.02. The molecule has 0 spiro atoms. The summed E-state index contributed by atoms with van der Waals surface area (Å²) in [7, 11) is 3.09. The second-order valence-corrected chi connectivity index (χ2v) is 6.36. The number of nitrogens with one attached hydrogen (secondary N) is 2. The van der Waals surface area contributed by atoms with E-state index in [1.807, 2.05) is 31.2 Å². The molecule has 1 aliphatic rings. The Bertz CT molecular complexity index is 817. The third kappa shape index (κ3) is 3.96. The van der Waals surface area contributed by atoms with Gasteiger partial charge in [-0.05, 0) is 37.6 Å². The fourth-order valence-corrected chi connectivity index (χ4v) is 2.80. The topological polar surface area (TPSA) is 76.7 Å². The molecule has 2 aromatic rings. The Kier molecular flexibility index (Phi) is 5.11. The lowest BCUT2D eigenvalue weighted by Crippen LogP contribution is -2.20. The molecular formula is C20H22N2O4. The molecule has 3 rings (SSSR count). The predicted molar refractivity (Wildman–Crippen MR) is 99.6 cm³/mol. The summed E-state index contributed by atoms with van der Waals surface area (Å²) in [5.41, 5.74) is 2.48. The largest absolute Gasteiger partial charge is 0.493 e. The van der Waals surface area contributed by atoms with Crippen molar-refractivity contribution in [2.45, 2.75) is 13.3 Å². The normalized spacial score (nSPS) is 18.0. The van der Waals surface area contributed by atoms with Crippen LogP contribution in [0.25, 0.3) is 0 Å². The van der Waals surface area contributed by atoms with Crippen LogP contribution in [-0.2, 0) is 9.59 Å². The zero-order valence-electron chi connectivity index (χ0n) is 15.0. The predicted octanol–water partition coefficient (Wildman–Crippen LogP) is 3.23. The second-order valence-electron chi connectivity index (χ2n) is 6.36. The Morgan fingerprint density at radius 3 is 1.96 bits per heavy atom. The molecule has 2 N–H and O–H groups in total. The smallest absolute Gasteiger partial charge is 0.228 e. The van der Waals surface area contributed by atoms with Gasteiger partial charge in [-0.1, -0.05) is 17.7 Å². The summed E-state index contributed by atoms with van der Waals surface area (Å²) in [6, 6.07) is 12.7. The number of aryl methyl sites for hydroxylation is 1. The molecule has 2 atom stereocenters. The van der Waals surface area contributed by atoms with Gasteiger partial charge in [0.1, 0.15) is 0 Å². The minimum atomic E-state index is -0.312. The molecule has 0 heterocycles. The maximum absolute atomic E-state index is 12.4. The standard InChI is InChI=1S/C20H22N2O4/c1-12-4-6-13(7-5-12)21-19(23)15-11-16(15)20(24)22-14-8-9-17(25-2)18(10-14)26-3/h4-10,15-16H,11H2,1-3H3,(H,21,23)(H,22,24). The third-order valence-electron chi connectivity index (χ3n) is 4.43. The number of anilines is 2. The molecule has 0 bridgehead atoms. The fraction of sp³-hybridized carbons (Fsp3) is 0.300. The summed E-state index contributed by atoms with van der Waals surface area (Å²) in [4.78, 5) is 24.7. The Morgan fingerprint density at radius 1 is 0.846 bits per heavy atom. The fourth-order valence-electron chi connectivity index (χ4n) is 2.80. The van der Waals surface area contributed by atoms with E-state index in [4.69, 9.17) is 9.47 Å². The number of carbonyl (C=O) groups is 2. The number of rotatable bonds is 6. The van der Waals surface area contributed by atoms with Gasteiger partial charge < -0.3 is 20.1 Å². The lowest BCUT2D eigenvalue weighted by molar-refractivity contribution is -0.122. The number of carbonyl (C=O) groups excluding carboxylic acids is 2. The second kappa shape index (κ2) is 7.47. The lowest BCUT2D eigenvalue weighted by Gasteiger charge is -2.10. The van der Waals surface area contributed by atoms with E-state index in [9.17, 15) is 9.59 Å². The quantitative estimate of drug-likeness (QED) is 0.835. The van der Waals surface area contributed by atoms with Gasteiger partial charge in [0, 0.05) is 17.4 Å². The first kappa shape index (κ1) is 17.8. The van der Waals surface area contributed by atoms with Crippen molar-refractivity contribution in [1.82, 2.24) is 0 Å². The molecule has 1 aliphatic carbocycles. The van der Waals surface area contributed by atoms with E-state index in [1.165, 1.54) is 7.11 Å². The van der Waals surface area contributed by atoms with Crippen LogP contribution in [0, 0.1) is 18.8 Å². The number of methoxy groups -OCH3 is 2. The first-order valence-corrected chi connectivity index (χ1v) is 8.42. The van der Waals surface area contributed by atoms with Gasteiger partial charge in [-0.15, -0.1) is 0 Å². The molecule has 0 aromatic heterocycles. The van der Waals surface area contributed by atoms with Crippen LogP contribution in [0.1, 0.15) is 12.0 Å². The van der Waals surface area contributed by atoms with Crippen LogP contribution in [0.15, 0.2) is 42.5 Å². The highest BCUT2D eigenvalue weighted by Crippen LogP contribution is 2.40. The van der Waals surface area contributed by atoms with Crippen LogP contribution in [0.4, 0.5) is 11.4 Å². The number of hydrogen-bond donors (Lipinski definition) is 2. The highest BCUT2D eigenvalue weighted by atomic mass is 16.5. The van der Waals surface area contributed by atoms with Gasteiger partial charge in [-0.2, -0.15) is 0 Å². The van der Waals surface area contributed by atoms with E-state index >= 15 is 0 Å². The van der Waals surface area contributed by atoms with Crippen LogP contribution < -0.4 is 20.1 Å². The molecule has 1 saturated carbocycles. The van der Waals surface area contributed by atoms with Gasteiger partial charge in [0.15, 0.2) is 11.5 Å². The Morgan fingerprint density at radius 2 is 1.38 bits per heavy atom. The molecule has 1 fully saturated rings. The molecule has 26 heavy (non-hydrogen) atoms. The van der Waals surface area contributed by atoms with Gasteiger partial charge in [0.05, 0.1) is 26.1 Å². The maximum Gasteiger partial charge on any atom is 0.228 e. The monoisotopic (exact) mass is 354 g/mol. The van der Waals surface area contributed by atoms with Crippen molar-refractivity contribution in [3.05, 3.63) is 48.0 Å². The minimum Gasteiger partial charge on any atom is -0.493 e. The van der Waals surface area contributed by atoms with Crippen molar-refractivity contribution < 1.29 is 19.1 Å². The molecule has 6 heteroatoms. The number of benzene rings is 2. The van der Waals surface area contributed by atoms with E-state index in [-0.39, 0.29) is 23.7 Å².